The molecule has 14 heavy (non-hydrogen) atoms. The van der Waals surface area contributed by atoms with Gasteiger partial charge in [0, 0.05) is 17.8 Å². The van der Waals surface area contributed by atoms with Crippen molar-refractivity contribution in [3.05, 3.63) is 23.8 Å². The van der Waals surface area contributed by atoms with Crippen LogP contribution in [0.3, 0.4) is 0 Å². The second kappa shape index (κ2) is 4.86. The predicted molar refractivity (Wildman–Crippen MR) is 59.7 cm³/mol. The molecular weight excluding hydrogens is 176 g/mol. The highest BCUT2D eigenvalue weighted by Crippen LogP contribution is 2.24. The van der Waals surface area contributed by atoms with Crippen molar-refractivity contribution in [3.8, 4) is 5.75 Å². The maximum Gasteiger partial charge on any atom is 0.124 e. The number of anilines is 1. The number of nitrogen functional groups attached to an aromatic ring is 1. The second-order valence-corrected chi connectivity index (χ2v) is 3.58. The molecule has 0 unspecified atom stereocenters. The summed E-state index contributed by atoms with van der Waals surface area (Å²) in [5.41, 5.74) is 7.80. The molecule has 0 aliphatic heterocycles. The van der Waals surface area contributed by atoms with Gasteiger partial charge in [-0.25, -0.2) is 0 Å². The third kappa shape index (κ3) is 2.64. The number of hydrogen-bond donors (Lipinski definition) is 1. The van der Waals surface area contributed by atoms with Crippen LogP contribution in [0.15, 0.2) is 18.2 Å². The van der Waals surface area contributed by atoms with E-state index in [2.05, 4.69) is 4.90 Å². The normalized spacial score (nSPS) is 10.6. The van der Waals surface area contributed by atoms with E-state index < -0.39 is 0 Å². The van der Waals surface area contributed by atoms with Gasteiger partial charge in [-0.3, -0.25) is 0 Å². The fraction of sp³-hybridized carbons (Fsp3) is 0.455. The molecule has 0 aliphatic carbocycles. The van der Waals surface area contributed by atoms with Gasteiger partial charge in [-0.05, 0) is 32.6 Å². The summed E-state index contributed by atoms with van der Waals surface area (Å²) in [4.78, 5) is 2.13. The number of rotatable bonds is 4. The van der Waals surface area contributed by atoms with Crippen LogP contribution in [-0.4, -0.2) is 32.6 Å². The third-order valence-corrected chi connectivity index (χ3v) is 2.20. The van der Waals surface area contributed by atoms with Gasteiger partial charge in [-0.15, -0.1) is 0 Å². The fourth-order valence-corrected chi connectivity index (χ4v) is 1.38. The van der Waals surface area contributed by atoms with Crippen LogP contribution in [0.4, 0.5) is 5.69 Å². The first-order chi connectivity index (χ1) is 6.65. The van der Waals surface area contributed by atoms with Crippen LogP contribution >= 0.6 is 0 Å². The molecule has 1 rings (SSSR count). The number of nitrogens with two attached hydrogens (primary N) is 1. The van der Waals surface area contributed by atoms with Gasteiger partial charge in [0.05, 0.1) is 7.11 Å². The predicted octanol–water partition coefficient (Wildman–Crippen LogP) is 1.38. The summed E-state index contributed by atoms with van der Waals surface area (Å²) in [6, 6.07) is 5.77. The summed E-state index contributed by atoms with van der Waals surface area (Å²) in [5.74, 6) is 0.881. The van der Waals surface area contributed by atoms with Crippen molar-refractivity contribution in [2.45, 2.75) is 6.42 Å². The first kappa shape index (κ1) is 10.9. The van der Waals surface area contributed by atoms with Crippen molar-refractivity contribution in [3.63, 3.8) is 0 Å². The summed E-state index contributed by atoms with van der Waals surface area (Å²) in [6.07, 6.45) is 0.919. The van der Waals surface area contributed by atoms with Gasteiger partial charge in [0.1, 0.15) is 5.75 Å². The first-order valence-electron chi connectivity index (χ1n) is 4.71. The van der Waals surface area contributed by atoms with E-state index >= 15 is 0 Å². The number of methoxy groups -OCH3 is 1. The molecule has 1 aromatic rings. The molecule has 0 fully saturated rings. The van der Waals surface area contributed by atoms with Crippen LogP contribution in [0.25, 0.3) is 0 Å². The first-order valence-corrected chi connectivity index (χ1v) is 4.71. The number of nitrogens with zero attached hydrogens (tertiary/aromatic N) is 1. The Morgan fingerprint density at radius 2 is 2.07 bits per heavy atom. The second-order valence-electron chi connectivity index (χ2n) is 3.58. The van der Waals surface area contributed by atoms with E-state index in [1.807, 2.05) is 32.3 Å². The van der Waals surface area contributed by atoms with Gasteiger partial charge in [0.15, 0.2) is 0 Å². The minimum atomic E-state index is 0.811. The van der Waals surface area contributed by atoms with Gasteiger partial charge in [0.25, 0.3) is 0 Å². The maximum absolute atomic E-state index is 5.88. The number of benzene rings is 1. The van der Waals surface area contributed by atoms with E-state index in [4.69, 9.17) is 10.5 Å². The van der Waals surface area contributed by atoms with Crippen LogP contribution in [0, 0.1) is 0 Å². The van der Waals surface area contributed by atoms with Crippen LogP contribution in [0.2, 0.25) is 0 Å². The van der Waals surface area contributed by atoms with E-state index in [1.54, 1.807) is 7.11 Å². The lowest BCUT2D eigenvalue weighted by atomic mass is 10.1. The largest absolute Gasteiger partial charge is 0.496 e. The lowest BCUT2D eigenvalue weighted by molar-refractivity contribution is 0.392. The standard InChI is InChI=1S/C11H18N2O/c1-13(2)8-7-9-10(12)5-4-6-11(9)14-3/h4-6H,7-8,12H2,1-3H3. The quantitative estimate of drug-likeness (QED) is 0.736. The Morgan fingerprint density at radius 1 is 1.36 bits per heavy atom. The molecule has 0 amide bonds. The lowest BCUT2D eigenvalue weighted by Gasteiger charge is -2.13. The molecule has 0 spiro atoms. The Bertz CT molecular complexity index is 297. The maximum atomic E-state index is 5.88. The minimum Gasteiger partial charge on any atom is -0.496 e. The number of likely N-dealkylation sites (N-methyl/N-ethyl adjacent to an activating group) is 1. The molecule has 2 N–H and O–H groups in total. The number of ether oxygens (including phenoxy) is 1. The molecule has 0 radical (unpaired) electrons. The average Bonchev–Trinajstić information content (AvgIpc) is 2.15. The van der Waals surface area contributed by atoms with Gasteiger partial charge in [-0.2, -0.15) is 0 Å². The smallest absolute Gasteiger partial charge is 0.124 e. The zero-order valence-corrected chi connectivity index (χ0v) is 9.08. The molecule has 0 atom stereocenters. The van der Waals surface area contributed by atoms with E-state index in [9.17, 15) is 0 Å². The van der Waals surface area contributed by atoms with Crippen molar-refractivity contribution in [1.82, 2.24) is 4.90 Å². The van der Waals surface area contributed by atoms with E-state index in [0.717, 1.165) is 30.0 Å². The minimum absolute atomic E-state index is 0.811. The molecule has 0 bridgehead atoms. The zero-order chi connectivity index (χ0) is 10.6. The SMILES string of the molecule is COc1cccc(N)c1CCN(C)C. The highest BCUT2D eigenvalue weighted by molar-refractivity contribution is 5.54. The Kier molecular flexibility index (Phi) is 3.77. The summed E-state index contributed by atoms with van der Waals surface area (Å²) in [7, 11) is 5.77. The molecule has 78 valence electrons. The molecule has 3 nitrogen and oxygen atoms in total. The van der Waals surface area contributed by atoms with Crippen LogP contribution in [0.1, 0.15) is 5.56 Å². The number of hydrogen-bond acceptors (Lipinski definition) is 3. The monoisotopic (exact) mass is 194 g/mol. The van der Waals surface area contributed by atoms with E-state index in [-0.39, 0.29) is 0 Å². The Hall–Kier alpha value is -1.22. The summed E-state index contributed by atoms with van der Waals surface area (Å²) in [5, 5.41) is 0. The molecule has 0 saturated heterocycles. The highest BCUT2D eigenvalue weighted by Gasteiger charge is 2.06. The van der Waals surface area contributed by atoms with Crippen molar-refractivity contribution in [2.24, 2.45) is 0 Å². The molecular formula is C11H18N2O. The van der Waals surface area contributed by atoms with Gasteiger partial charge < -0.3 is 15.4 Å². The molecule has 0 heterocycles. The fourth-order valence-electron chi connectivity index (χ4n) is 1.38. The molecule has 0 aromatic heterocycles. The van der Waals surface area contributed by atoms with E-state index in [1.165, 1.54) is 0 Å². The van der Waals surface area contributed by atoms with Crippen molar-refractivity contribution in [1.29, 1.82) is 0 Å². The molecule has 0 saturated carbocycles. The highest BCUT2D eigenvalue weighted by atomic mass is 16.5. The van der Waals surface area contributed by atoms with Crippen LogP contribution < -0.4 is 10.5 Å². The average molecular weight is 194 g/mol. The topological polar surface area (TPSA) is 38.5 Å². The Balaban J connectivity index is 2.82. The van der Waals surface area contributed by atoms with Gasteiger partial charge in [-0.1, -0.05) is 6.07 Å². The van der Waals surface area contributed by atoms with Crippen molar-refractivity contribution >= 4 is 5.69 Å². The Morgan fingerprint density at radius 3 is 2.64 bits per heavy atom. The molecule has 0 aliphatic rings. The molecule has 1 aromatic carbocycles. The van der Waals surface area contributed by atoms with Crippen molar-refractivity contribution in [2.75, 3.05) is 33.5 Å². The molecule has 3 heteroatoms. The lowest BCUT2D eigenvalue weighted by Crippen LogP contribution is -2.16. The summed E-state index contributed by atoms with van der Waals surface area (Å²) < 4.78 is 5.26. The zero-order valence-electron chi connectivity index (χ0n) is 9.08. The van der Waals surface area contributed by atoms with Crippen LogP contribution in [-0.2, 0) is 6.42 Å². The summed E-state index contributed by atoms with van der Waals surface area (Å²) in [6.45, 7) is 0.977. The van der Waals surface area contributed by atoms with Crippen LogP contribution in [0.5, 0.6) is 5.75 Å². The van der Waals surface area contributed by atoms with Crippen molar-refractivity contribution < 1.29 is 4.74 Å². The Labute approximate surface area is 85.5 Å². The van der Waals surface area contributed by atoms with E-state index in [0.29, 0.717) is 0 Å². The summed E-state index contributed by atoms with van der Waals surface area (Å²) >= 11 is 0. The van der Waals surface area contributed by atoms with Gasteiger partial charge >= 0.3 is 0 Å². The third-order valence-electron chi connectivity index (χ3n) is 2.20. The van der Waals surface area contributed by atoms with Gasteiger partial charge in [0.2, 0.25) is 0 Å².